The Labute approximate surface area is 180 Å². The monoisotopic (exact) mass is 418 g/mol. The number of amides is 1. The van der Waals surface area contributed by atoms with Crippen LogP contribution in [-0.4, -0.2) is 10.9 Å². The van der Waals surface area contributed by atoms with Crippen molar-refractivity contribution < 1.29 is 4.79 Å². The van der Waals surface area contributed by atoms with Crippen LogP contribution in [0.3, 0.4) is 0 Å². The second kappa shape index (κ2) is 7.73. The molecular formula is C24H26N4OS. The number of thiophene rings is 1. The molecule has 0 saturated carbocycles. The van der Waals surface area contributed by atoms with E-state index in [2.05, 4.69) is 38.2 Å². The van der Waals surface area contributed by atoms with Gasteiger partial charge in [-0.15, -0.1) is 11.3 Å². The lowest BCUT2D eigenvalue weighted by Gasteiger charge is -2.36. The first-order chi connectivity index (χ1) is 14.3. The van der Waals surface area contributed by atoms with Crippen molar-refractivity contribution >= 4 is 38.8 Å². The Morgan fingerprint density at radius 2 is 2.17 bits per heavy atom. The Morgan fingerprint density at radius 3 is 2.90 bits per heavy atom. The third kappa shape index (κ3) is 3.54. The number of anilines is 2. The molecule has 1 unspecified atom stereocenters. The highest BCUT2D eigenvalue weighted by molar-refractivity contribution is 7.21. The lowest BCUT2D eigenvalue weighted by atomic mass is 9.69. The summed E-state index contributed by atoms with van der Waals surface area (Å²) in [5, 5.41) is 12.9. The molecule has 0 radical (unpaired) electrons. The molecule has 30 heavy (non-hydrogen) atoms. The smallest absolute Gasteiger partial charge is 0.267 e. The molecule has 0 spiro atoms. The standard InChI is InChI=1S/C24H26N4OS/c1-4-24(2,3)16-9-10-19-15(11-16)12-17-20(26)21(30-23(17)28-19)22(29)27-18-8-6-5-7-14(18)13-25/h5-8,12,16H,4,9-11,26H2,1-3H3,(H,27,29). The molecule has 0 fully saturated rings. The number of rotatable bonds is 4. The van der Waals surface area contributed by atoms with E-state index < -0.39 is 0 Å². The third-order valence-electron chi connectivity index (χ3n) is 6.60. The SMILES string of the molecule is CCC(C)(C)C1CCc2nc3sc(C(=O)Nc4ccccc4C#N)c(N)c3cc2C1. The zero-order valence-electron chi connectivity index (χ0n) is 17.6. The van der Waals surface area contributed by atoms with Crippen LogP contribution in [0.4, 0.5) is 11.4 Å². The lowest BCUT2D eigenvalue weighted by Crippen LogP contribution is -2.29. The number of hydrogen-bond donors (Lipinski definition) is 2. The summed E-state index contributed by atoms with van der Waals surface area (Å²) in [5.74, 6) is 0.320. The van der Waals surface area contributed by atoms with Crippen molar-refractivity contribution in [2.75, 3.05) is 11.1 Å². The Morgan fingerprint density at radius 1 is 1.40 bits per heavy atom. The number of fused-ring (bicyclic) bond motifs is 2. The van der Waals surface area contributed by atoms with Gasteiger partial charge in [0, 0.05) is 11.1 Å². The van der Waals surface area contributed by atoms with Crippen molar-refractivity contribution in [2.45, 2.75) is 46.5 Å². The molecule has 3 N–H and O–H groups in total. The van der Waals surface area contributed by atoms with Gasteiger partial charge in [0.15, 0.2) is 0 Å². The summed E-state index contributed by atoms with van der Waals surface area (Å²) in [4.78, 5) is 19.0. The van der Waals surface area contributed by atoms with Gasteiger partial charge in [0.2, 0.25) is 0 Å². The van der Waals surface area contributed by atoms with E-state index in [9.17, 15) is 10.1 Å². The number of aromatic nitrogens is 1. The number of nitrogens with one attached hydrogen (secondary N) is 1. The number of nitrogens with zero attached hydrogens (tertiary/aromatic N) is 2. The van der Waals surface area contributed by atoms with Crippen LogP contribution < -0.4 is 11.1 Å². The summed E-state index contributed by atoms with van der Waals surface area (Å²) in [7, 11) is 0. The van der Waals surface area contributed by atoms with Crippen molar-refractivity contribution in [3.63, 3.8) is 0 Å². The van der Waals surface area contributed by atoms with Gasteiger partial charge in [0.1, 0.15) is 15.8 Å². The Kier molecular flexibility index (Phi) is 5.25. The molecule has 154 valence electrons. The number of carbonyl (C=O) groups excluding carboxylic acids is 1. The van der Waals surface area contributed by atoms with Gasteiger partial charge in [-0.3, -0.25) is 4.79 Å². The number of nitriles is 1. The van der Waals surface area contributed by atoms with Crippen LogP contribution in [0.5, 0.6) is 0 Å². The van der Waals surface area contributed by atoms with E-state index in [0.29, 0.717) is 33.1 Å². The van der Waals surface area contributed by atoms with E-state index in [1.165, 1.54) is 16.9 Å². The Hall–Kier alpha value is -2.91. The second-order valence-electron chi connectivity index (χ2n) is 8.69. The van der Waals surface area contributed by atoms with Gasteiger partial charge in [-0.05, 0) is 54.4 Å². The largest absolute Gasteiger partial charge is 0.397 e. The van der Waals surface area contributed by atoms with Gasteiger partial charge in [0.05, 0.1) is 16.9 Å². The lowest BCUT2D eigenvalue weighted by molar-refractivity contribution is 0.103. The number of carbonyl (C=O) groups is 1. The third-order valence-corrected chi connectivity index (χ3v) is 7.72. The van der Waals surface area contributed by atoms with Gasteiger partial charge in [-0.2, -0.15) is 5.26 Å². The molecular weight excluding hydrogens is 392 g/mol. The van der Waals surface area contributed by atoms with Crippen molar-refractivity contribution in [1.82, 2.24) is 4.98 Å². The van der Waals surface area contributed by atoms with Gasteiger partial charge < -0.3 is 11.1 Å². The fourth-order valence-electron chi connectivity index (χ4n) is 4.18. The number of hydrogen-bond acceptors (Lipinski definition) is 5. The Balaban J connectivity index is 1.67. The first-order valence-electron chi connectivity index (χ1n) is 10.3. The van der Waals surface area contributed by atoms with Crippen molar-refractivity contribution in [1.29, 1.82) is 5.26 Å². The minimum Gasteiger partial charge on any atom is -0.397 e. The Bertz CT molecular complexity index is 1170. The summed E-state index contributed by atoms with van der Waals surface area (Å²) >= 11 is 1.32. The molecule has 0 bridgehead atoms. The quantitative estimate of drug-likeness (QED) is 0.581. The molecule has 1 aromatic carbocycles. The van der Waals surface area contributed by atoms with Crippen LogP contribution in [0.25, 0.3) is 10.2 Å². The molecule has 2 aromatic heterocycles. The highest BCUT2D eigenvalue weighted by Crippen LogP contribution is 2.42. The number of benzene rings is 1. The molecule has 5 nitrogen and oxygen atoms in total. The molecule has 1 amide bonds. The van der Waals surface area contributed by atoms with E-state index in [0.717, 1.165) is 41.6 Å². The number of aryl methyl sites for hydroxylation is 1. The molecule has 2 heterocycles. The van der Waals surface area contributed by atoms with Crippen LogP contribution in [0.15, 0.2) is 30.3 Å². The van der Waals surface area contributed by atoms with E-state index in [1.54, 1.807) is 24.3 Å². The predicted octanol–water partition coefficient (Wildman–Crippen LogP) is 5.54. The summed E-state index contributed by atoms with van der Waals surface area (Å²) < 4.78 is 0. The van der Waals surface area contributed by atoms with Gasteiger partial charge in [0.25, 0.3) is 5.91 Å². The van der Waals surface area contributed by atoms with E-state index in [4.69, 9.17) is 10.7 Å². The minimum absolute atomic E-state index is 0.298. The topological polar surface area (TPSA) is 91.8 Å². The van der Waals surface area contributed by atoms with Crippen LogP contribution in [0, 0.1) is 22.7 Å². The maximum atomic E-state index is 12.9. The molecule has 6 heteroatoms. The molecule has 1 aliphatic rings. The van der Waals surface area contributed by atoms with Crippen LogP contribution in [-0.2, 0) is 12.8 Å². The average molecular weight is 419 g/mol. The summed E-state index contributed by atoms with van der Waals surface area (Å²) in [6.07, 6.45) is 4.27. The first-order valence-corrected chi connectivity index (χ1v) is 11.2. The summed E-state index contributed by atoms with van der Waals surface area (Å²) in [6, 6.07) is 11.2. The normalized spacial score (nSPS) is 16.1. The molecule has 3 aromatic rings. The number of nitrogen functional groups attached to an aromatic ring is 1. The average Bonchev–Trinajstić information content (AvgIpc) is 3.07. The van der Waals surface area contributed by atoms with E-state index in [-0.39, 0.29) is 5.91 Å². The zero-order chi connectivity index (χ0) is 21.5. The van der Waals surface area contributed by atoms with Crippen LogP contribution in [0.2, 0.25) is 0 Å². The minimum atomic E-state index is -0.304. The van der Waals surface area contributed by atoms with Crippen molar-refractivity contribution in [3.8, 4) is 6.07 Å². The highest BCUT2D eigenvalue weighted by Gasteiger charge is 2.32. The summed E-state index contributed by atoms with van der Waals surface area (Å²) in [6.45, 7) is 6.94. The first kappa shape index (κ1) is 20.4. The molecule has 1 atom stereocenters. The number of pyridine rings is 1. The number of nitrogens with two attached hydrogens (primary N) is 1. The maximum absolute atomic E-state index is 12.9. The van der Waals surface area contributed by atoms with E-state index >= 15 is 0 Å². The molecule has 4 rings (SSSR count). The maximum Gasteiger partial charge on any atom is 0.267 e. The zero-order valence-corrected chi connectivity index (χ0v) is 18.4. The van der Waals surface area contributed by atoms with Gasteiger partial charge in [-0.25, -0.2) is 4.98 Å². The second-order valence-corrected chi connectivity index (χ2v) is 9.68. The fraction of sp³-hybridized carbons (Fsp3) is 0.375. The van der Waals surface area contributed by atoms with E-state index in [1.807, 2.05) is 0 Å². The fourth-order valence-corrected chi connectivity index (χ4v) is 5.17. The van der Waals surface area contributed by atoms with Gasteiger partial charge in [-0.1, -0.05) is 39.3 Å². The summed E-state index contributed by atoms with van der Waals surface area (Å²) in [5.41, 5.74) is 10.4. The van der Waals surface area contributed by atoms with Gasteiger partial charge >= 0.3 is 0 Å². The molecule has 0 saturated heterocycles. The highest BCUT2D eigenvalue weighted by atomic mass is 32.1. The van der Waals surface area contributed by atoms with Crippen molar-refractivity contribution in [3.05, 3.63) is 52.0 Å². The van der Waals surface area contributed by atoms with Crippen molar-refractivity contribution in [2.24, 2.45) is 11.3 Å². The van der Waals surface area contributed by atoms with Crippen LogP contribution in [0.1, 0.15) is 60.1 Å². The molecule has 1 aliphatic carbocycles. The number of para-hydroxylation sites is 1. The predicted molar refractivity (Wildman–Crippen MR) is 123 cm³/mol. The molecule has 0 aliphatic heterocycles. The van der Waals surface area contributed by atoms with Crippen LogP contribution >= 0.6 is 11.3 Å².